The van der Waals surface area contributed by atoms with E-state index in [1.54, 1.807) is 12.1 Å². The lowest BCUT2D eigenvalue weighted by molar-refractivity contribution is 0.627. The van der Waals surface area contributed by atoms with Gasteiger partial charge in [-0.15, -0.1) is 0 Å². The molecule has 0 spiro atoms. The van der Waals surface area contributed by atoms with Crippen LogP contribution in [0.3, 0.4) is 0 Å². The Balaban J connectivity index is 2.38. The second-order valence-corrected chi connectivity index (χ2v) is 4.00. The number of aryl methyl sites for hydroxylation is 1. The van der Waals surface area contributed by atoms with Gasteiger partial charge < -0.3 is 0 Å². The zero-order valence-electron chi connectivity index (χ0n) is 10.2. The molecule has 18 heavy (non-hydrogen) atoms. The number of hydrogen-bond acceptors (Lipinski definition) is 0. The summed E-state index contributed by atoms with van der Waals surface area (Å²) in [5.41, 5.74) is 3.94. The molecule has 0 nitrogen and oxygen atoms in total. The van der Waals surface area contributed by atoms with E-state index in [4.69, 9.17) is 0 Å². The van der Waals surface area contributed by atoms with Crippen LogP contribution >= 0.6 is 0 Å². The van der Waals surface area contributed by atoms with Gasteiger partial charge in [-0.1, -0.05) is 36.6 Å². The predicted molar refractivity (Wildman–Crippen MR) is 73.7 cm³/mol. The molecule has 0 saturated carbocycles. The quantitative estimate of drug-likeness (QED) is 0.652. The monoisotopic (exact) mass is 236 g/mol. The fraction of sp³-hybridized carbons (Fsp3) is 0.0588. The van der Waals surface area contributed by atoms with Crippen LogP contribution in [0.5, 0.6) is 0 Å². The molecule has 0 aliphatic carbocycles. The molecule has 1 heteroatoms. The van der Waals surface area contributed by atoms with Gasteiger partial charge >= 0.3 is 0 Å². The maximum atomic E-state index is 12.8. The first-order chi connectivity index (χ1) is 8.70. The molecule has 0 amide bonds. The largest absolute Gasteiger partial charge is 0.207 e. The van der Waals surface area contributed by atoms with E-state index in [0.717, 1.165) is 22.3 Å². The Hall–Kier alpha value is -2.33. The van der Waals surface area contributed by atoms with Gasteiger partial charge in [0.2, 0.25) is 0 Å². The van der Waals surface area contributed by atoms with Gasteiger partial charge in [0.05, 0.1) is 0 Å². The van der Waals surface area contributed by atoms with E-state index in [0.29, 0.717) is 0 Å². The predicted octanol–water partition coefficient (Wildman–Crippen LogP) is 4.18. The van der Waals surface area contributed by atoms with E-state index in [2.05, 4.69) is 18.4 Å². The first-order valence-corrected chi connectivity index (χ1v) is 5.70. The van der Waals surface area contributed by atoms with Gasteiger partial charge in [0, 0.05) is 11.1 Å². The maximum absolute atomic E-state index is 12.8. The Morgan fingerprint density at radius 2 is 1.78 bits per heavy atom. The minimum absolute atomic E-state index is 0.247. The van der Waals surface area contributed by atoms with Gasteiger partial charge in [-0.05, 0) is 48.4 Å². The van der Waals surface area contributed by atoms with Crippen molar-refractivity contribution >= 4 is 6.08 Å². The lowest BCUT2D eigenvalue weighted by Gasteiger charge is -2.02. The number of halogens is 1. The summed E-state index contributed by atoms with van der Waals surface area (Å²) in [4.78, 5) is 0. The molecule has 0 aromatic heterocycles. The number of hydrogen-bond donors (Lipinski definition) is 0. The van der Waals surface area contributed by atoms with Crippen LogP contribution in [-0.4, -0.2) is 0 Å². The normalized spacial score (nSPS) is 9.44. The lowest BCUT2D eigenvalue weighted by atomic mass is 10.0. The van der Waals surface area contributed by atoms with Gasteiger partial charge in [-0.25, -0.2) is 4.39 Å². The van der Waals surface area contributed by atoms with Crippen LogP contribution in [0.2, 0.25) is 0 Å². The standard InChI is InChI=1S/C17H13F/c1-3-17-13(2)5-4-6-15(17)10-7-14-8-11-16(18)12-9-14/h3-6,8-9,11-12H,1H2,2H3. The van der Waals surface area contributed by atoms with Gasteiger partial charge in [0.1, 0.15) is 5.82 Å². The van der Waals surface area contributed by atoms with Crippen molar-refractivity contribution < 1.29 is 4.39 Å². The molecule has 2 aromatic rings. The van der Waals surface area contributed by atoms with E-state index < -0.39 is 0 Å². The highest BCUT2D eigenvalue weighted by atomic mass is 19.1. The average Bonchev–Trinajstić information content (AvgIpc) is 2.38. The minimum Gasteiger partial charge on any atom is -0.207 e. The third kappa shape index (κ3) is 2.67. The molecule has 0 saturated heterocycles. The van der Waals surface area contributed by atoms with Crippen LogP contribution in [0, 0.1) is 24.6 Å². The van der Waals surface area contributed by atoms with Crippen LogP contribution in [0.25, 0.3) is 6.08 Å². The first-order valence-electron chi connectivity index (χ1n) is 5.70. The van der Waals surface area contributed by atoms with Crippen molar-refractivity contribution in [2.24, 2.45) is 0 Å². The highest BCUT2D eigenvalue weighted by Gasteiger charge is 1.98. The van der Waals surface area contributed by atoms with Crippen LogP contribution in [0.4, 0.5) is 4.39 Å². The third-order valence-electron chi connectivity index (χ3n) is 2.71. The van der Waals surface area contributed by atoms with E-state index in [1.165, 1.54) is 12.1 Å². The first kappa shape index (κ1) is 12.1. The molecule has 0 aliphatic heterocycles. The lowest BCUT2D eigenvalue weighted by Crippen LogP contribution is -1.86. The van der Waals surface area contributed by atoms with Crippen molar-refractivity contribution in [3.63, 3.8) is 0 Å². The topological polar surface area (TPSA) is 0 Å². The molecule has 2 rings (SSSR count). The number of rotatable bonds is 1. The van der Waals surface area contributed by atoms with E-state index in [1.807, 2.05) is 31.2 Å². The third-order valence-corrected chi connectivity index (χ3v) is 2.71. The Kier molecular flexibility index (Phi) is 3.60. The zero-order chi connectivity index (χ0) is 13.0. The number of benzene rings is 2. The molecule has 0 heterocycles. The molecular formula is C17H13F. The summed E-state index contributed by atoms with van der Waals surface area (Å²) in [6, 6.07) is 12.1. The van der Waals surface area contributed by atoms with Crippen molar-refractivity contribution in [3.8, 4) is 11.8 Å². The van der Waals surface area contributed by atoms with Crippen LogP contribution in [-0.2, 0) is 0 Å². The summed E-state index contributed by atoms with van der Waals surface area (Å²) in [6.45, 7) is 5.83. The SMILES string of the molecule is C=Cc1c(C)cccc1C#Cc1ccc(F)cc1. The average molecular weight is 236 g/mol. The summed E-state index contributed by atoms with van der Waals surface area (Å²) in [5.74, 6) is 5.88. The maximum Gasteiger partial charge on any atom is 0.123 e. The fourth-order valence-corrected chi connectivity index (χ4v) is 1.73. The Bertz CT molecular complexity index is 625. The van der Waals surface area contributed by atoms with E-state index in [-0.39, 0.29) is 5.82 Å². The van der Waals surface area contributed by atoms with E-state index in [9.17, 15) is 4.39 Å². The van der Waals surface area contributed by atoms with Gasteiger partial charge in [-0.2, -0.15) is 0 Å². The summed E-state index contributed by atoms with van der Waals surface area (Å²) < 4.78 is 12.8. The van der Waals surface area contributed by atoms with Crippen LogP contribution in [0.15, 0.2) is 49.0 Å². The molecule has 0 radical (unpaired) electrons. The summed E-state index contributed by atoms with van der Waals surface area (Å²) in [5, 5.41) is 0. The minimum atomic E-state index is -0.247. The Morgan fingerprint density at radius 1 is 1.06 bits per heavy atom. The molecule has 0 unspecified atom stereocenters. The molecule has 2 aromatic carbocycles. The van der Waals surface area contributed by atoms with Crippen LogP contribution < -0.4 is 0 Å². The second kappa shape index (κ2) is 5.33. The molecule has 0 bridgehead atoms. The zero-order valence-corrected chi connectivity index (χ0v) is 10.2. The van der Waals surface area contributed by atoms with E-state index >= 15 is 0 Å². The molecular weight excluding hydrogens is 223 g/mol. The second-order valence-electron chi connectivity index (χ2n) is 4.00. The summed E-state index contributed by atoms with van der Waals surface area (Å²) >= 11 is 0. The van der Waals surface area contributed by atoms with Gasteiger partial charge in [-0.3, -0.25) is 0 Å². The van der Waals surface area contributed by atoms with Crippen molar-refractivity contribution in [2.75, 3.05) is 0 Å². The molecule has 0 atom stereocenters. The van der Waals surface area contributed by atoms with Crippen molar-refractivity contribution in [1.29, 1.82) is 0 Å². The Labute approximate surface area is 107 Å². The molecule has 88 valence electrons. The van der Waals surface area contributed by atoms with Crippen molar-refractivity contribution in [3.05, 3.63) is 77.1 Å². The van der Waals surface area contributed by atoms with Gasteiger partial charge in [0.15, 0.2) is 0 Å². The van der Waals surface area contributed by atoms with Crippen molar-refractivity contribution in [2.45, 2.75) is 6.92 Å². The van der Waals surface area contributed by atoms with Gasteiger partial charge in [0.25, 0.3) is 0 Å². The highest BCUT2D eigenvalue weighted by Crippen LogP contribution is 2.14. The highest BCUT2D eigenvalue weighted by molar-refractivity contribution is 5.62. The summed E-state index contributed by atoms with van der Waals surface area (Å²) in [6.07, 6.45) is 1.81. The van der Waals surface area contributed by atoms with Crippen LogP contribution in [0.1, 0.15) is 22.3 Å². The smallest absolute Gasteiger partial charge is 0.123 e. The fourth-order valence-electron chi connectivity index (χ4n) is 1.73. The molecule has 0 fully saturated rings. The molecule has 0 N–H and O–H groups in total. The molecule has 0 aliphatic rings. The Morgan fingerprint density at radius 3 is 2.44 bits per heavy atom. The van der Waals surface area contributed by atoms with Crippen molar-refractivity contribution in [1.82, 2.24) is 0 Å². The summed E-state index contributed by atoms with van der Waals surface area (Å²) in [7, 11) is 0.